The number of ether oxygens (including phenoxy) is 1. The quantitative estimate of drug-likeness (QED) is 0.382. The van der Waals surface area contributed by atoms with Gasteiger partial charge in [-0.1, -0.05) is 30.3 Å². The molecule has 31 heavy (non-hydrogen) atoms. The van der Waals surface area contributed by atoms with Crippen LogP contribution in [0.15, 0.2) is 66.7 Å². The molecule has 3 aromatic rings. The number of piperidine rings is 1. The van der Waals surface area contributed by atoms with Crippen molar-refractivity contribution in [2.24, 2.45) is 0 Å². The van der Waals surface area contributed by atoms with Crippen molar-refractivity contribution >= 4 is 41.3 Å². The first-order valence-electron chi connectivity index (χ1n) is 10.6. The Morgan fingerprint density at radius 1 is 0.871 bits per heavy atom. The molecule has 0 spiro atoms. The zero-order valence-electron chi connectivity index (χ0n) is 17.6. The normalized spacial score (nSPS) is 14.5. The van der Waals surface area contributed by atoms with Gasteiger partial charge in [-0.25, -0.2) is 4.39 Å². The first kappa shape index (κ1) is 25.3. The molecule has 0 unspecified atom stereocenters. The summed E-state index contributed by atoms with van der Waals surface area (Å²) in [5, 5.41) is 6.30. The first-order valence-corrected chi connectivity index (χ1v) is 10.6. The molecule has 4 rings (SSSR count). The van der Waals surface area contributed by atoms with Crippen LogP contribution in [0.3, 0.4) is 0 Å². The van der Waals surface area contributed by atoms with E-state index in [2.05, 4.69) is 52.7 Å². The van der Waals surface area contributed by atoms with Gasteiger partial charge in [0.1, 0.15) is 11.6 Å². The van der Waals surface area contributed by atoms with Crippen molar-refractivity contribution in [3.8, 4) is 5.75 Å². The minimum Gasteiger partial charge on any atom is -0.494 e. The number of rotatable bonds is 8. The zero-order chi connectivity index (χ0) is 19.9. The fourth-order valence-electron chi connectivity index (χ4n) is 3.97. The van der Waals surface area contributed by atoms with E-state index in [9.17, 15) is 4.39 Å². The van der Waals surface area contributed by atoms with Gasteiger partial charge in [-0.3, -0.25) is 0 Å². The number of unbranched alkanes of at least 4 members (excludes halogenated alkanes) is 1. The average Bonchev–Trinajstić information content (AvgIpc) is 2.76. The number of halogens is 3. The van der Waals surface area contributed by atoms with E-state index in [-0.39, 0.29) is 30.6 Å². The van der Waals surface area contributed by atoms with Crippen LogP contribution in [0.2, 0.25) is 0 Å². The Morgan fingerprint density at radius 3 is 2.32 bits per heavy atom. The van der Waals surface area contributed by atoms with Gasteiger partial charge in [0, 0.05) is 24.8 Å². The van der Waals surface area contributed by atoms with Crippen LogP contribution in [0.4, 0.5) is 10.1 Å². The summed E-state index contributed by atoms with van der Waals surface area (Å²) in [7, 11) is 0. The smallest absolute Gasteiger partial charge is 0.123 e. The first-order chi connectivity index (χ1) is 14.3. The Morgan fingerprint density at radius 2 is 1.58 bits per heavy atom. The molecule has 1 fully saturated rings. The second kappa shape index (κ2) is 12.7. The van der Waals surface area contributed by atoms with Crippen LogP contribution in [-0.2, 0) is 0 Å². The maximum Gasteiger partial charge on any atom is 0.123 e. The summed E-state index contributed by atoms with van der Waals surface area (Å²) in [6.07, 6.45) is 4.51. The lowest BCUT2D eigenvalue weighted by Crippen LogP contribution is -2.39. The Balaban J connectivity index is 0.00000171. The van der Waals surface area contributed by atoms with Gasteiger partial charge >= 0.3 is 0 Å². The lowest BCUT2D eigenvalue weighted by molar-refractivity contribution is 0.208. The molecule has 3 aromatic carbocycles. The van der Waals surface area contributed by atoms with Crippen LogP contribution >= 0.6 is 24.8 Å². The highest BCUT2D eigenvalue weighted by atomic mass is 35.5. The summed E-state index contributed by atoms with van der Waals surface area (Å²) in [6, 6.07) is 21.9. The maximum atomic E-state index is 12.9. The van der Waals surface area contributed by atoms with Crippen molar-refractivity contribution in [2.75, 3.05) is 31.6 Å². The van der Waals surface area contributed by atoms with E-state index in [4.69, 9.17) is 4.74 Å². The van der Waals surface area contributed by atoms with Gasteiger partial charge in [0.05, 0.1) is 6.61 Å². The van der Waals surface area contributed by atoms with Crippen molar-refractivity contribution in [3.05, 3.63) is 72.5 Å². The number of nitrogens with zero attached hydrogens (tertiary/aromatic N) is 1. The molecule has 1 saturated heterocycles. The minimum absolute atomic E-state index is 0. The number of benzene rings is 3. The topological polar surface area (TPSA) is 24.5 Å². The molecule has 1 heterocycles. The number of fused-ring (bicyclic) bond motifs is 1. The van der Waals surface area contributed by atoms with Gasteiger partial charge in [-0.05, 0) is 79.4 Å². The number of anilines is 1. The Hall–Kier alpha value is -2.01. The number of hydrogen-bond donors (Lipinski definition) is 1. The zero-order valence-corrected chi connectivity index (χ0v) is 19.3. The second-order valence-corrected chi connectivity index (χ2v) is 7.83. The van der Waals surface area contributed by atoms with Gasteiger partial charge in [0.2, 0.25) is 0 Å². The van der Waals surface area contributed by atoms with E-state index in [1.54, 1.807) is 12.1 Å². The van der Waals surface area contributed by atoms with Crippen LogP contribution in [0, 0.1) is 5.82 Å². The van der Waals surface area contributed by atoms with Crippen LogP contribution in [0.1, 0.15) is 25.7 Å². The van der Waals surface area contributed by atoms with Gasteiger partial charge < -0.3 is 15.0 Å². The molecule has 0 radical (unpaired) electrons. The van der Waals surface area contributed by atoms with E-state index < -0.39 is 0 Å². The van der Waals surface area contributed by atoms with Crippen molar-refractivity contribution < 1.29 is 9.13 Å². The largest absolute Gasteiger partial charge is 0.494 e. The Bertz CT molecular complexity index is 915. The fraction of sp³-hybridized carbons (Fsp3) is 0.360. The summed E-state index contributed by atoms with van der Waals surface area (Å²) < 4.78 is 18.6. The second-order valence-electron chi connectivity index (χ2n) is 7.83. The summed E-state index contributed by atoms with van der Waals surface area (Å²) in [5.41, 5.74) is 1.22. The molecular weight excluding hydrogens is 434 g/mol. The molecule has 3 nitrogen and oxygen atoms in total. The average molecular weight is 465 g/mol. The third-order valence-electron chi connectivity index (χ3n) is 5.66. The van der Waals surface area contributed by atoms with Gasteiger partial charge in [0.15, 0.2) is 0 Å². The Kier molecular flexibility index (Phi) is 10.4. The monoisotopic (exact) mass is 464 g/mol. The predicted molar refractivity (Wildman–Crippen MR) is 133 cm³/mol. The Labute approximate surface area is 196 Å². The summed E-state index contributed by atoms with van der Waals surface area (Å²) in [5.74, 6) is 0.517. The SMILES string of the molecule is Cl.Cl.Fc1ccc(OCCCCN2CCC(Nc3ccc4ccccc4c3)CC2)cc1. The maximum absolute atomic E-state index is 12.9. The van der Waals surface area contributed by atoms with Crippen molar-refractivity contribution in [1.29, 1.82) is 0 Å². The van der Waals surface area contributed by atoms with Crippen LogP contribution in [0.25, 0.3) is 10.8 Å². The van der Waals surface area contributed by atoms with E-state index in [0.717, 1.165) is 38.2 Å². The molecule has 1 aliphatic rings. The molecule has 0 bridgehead atoms. The molecule has 1 aliphatic heterocycles. The van der Waals surface area contributed by atoms with Crippen molar-refractivity contribution in [1.82, 2.24) is 4.90 Å². The predicted octanol–water partition coefficient (Wildman–Crippen LogP) is 6.56. The number of likely N-dealkylation sites (tertiary alicyclic amines) is 1. The molecule has 0 atom stereocenters. The highest BCUT2D eigenvalue weighted by Gasteiger charge is 2.18. The fourth-order valence-corrected chi connectivity index (χ4v) is 3.97. The van der Waals surface area contributed by atoms with Gasteiger partial charge in [-0.2, -0.15) is 0 Å². The lowest BCUT2D eigenvalue weighted by Gasteiger charge is -2.33. The van der Waals surface area contributed by atoms with Crippen LogP contribution < -0.4 is 10.1 Å². The molecule has 0 aromatic heterocycles. The lowest BCUT2D eigenvalue weighted by atomic mass is 10.0. The number of hydrogen-bond acceptors (Lipinski definition) is 3. The molecule has 0 aliphatic carbocycles. The molecule has 6 heteroatoms. The van der Waals surface area contributed by atoms with Gasteiger partial charge in [0.25, 0.3) is 0 Å². The molecule has 0 amide bonds. The van der Waals surface area contributed by atoms with E-state index in [1.807, 2.05) is 0 Å². The molecule has 0 saturated carbocycles. The standard InChI is InChI=1S/C25H29FN2O.2ClH/c26-22-8-11-25(12-9-22)29-18-4-3-15-28-16-13-23(14-17-28)27-24-10-7-20-5-1-2-6-21(20)19-24;;/h1-2,5-12,19,23,27H,3-4,13-18H2;2*1H. The highest BCUT2D eigenvalue weighted by molar-refractivity contribution is 5.86. The molecular formula is C25H31Cl2FN2O. The summed E-state index contributed by atoms with van der Waals surface area (Å²) in [4.78, 5) is 2.55. The van der Waals surface area contributed by atoms with E-state index >= 15 is 0 Å². The van der Waals surface area contributed by atoms with Crippen molar-refractivity contribution in [3.63, 3.8) is 0 Å². The molecule has 1 N–H and O–H groups in total. The van der Waals surface area contributed by atoms with E-state index in [1.165, 1.54) is 41.4 Å². The van der Waals surface area contributed by atoms with Crippen LogP contribution in [-0.4, -0.2) is 37.2 Å². The third kappa shape index (κ3) is 7.57. The van der Waals surface area contributed by atoms with Crippen molar-refractivity contribution in [2.45, 2.75) is 31.7 Å². The third-order valence-corrected chi connectivity index (χ3v) is 5.66. The molecule has 168 valence electrons. The summed E-state index contributed by atoms with van der Waals surface area (Å²) in [6.45, 7) is 4.09. The minimum atomic E-state index is -0.226. The van der Waals surface area contributed by atoms with Crippen LogP contribution in [0.5, 0.6) is 5.75 Å². The van der Waals surface area contributed by atoms with E-state index in [0.29, 0.717) is 12.6 Å². The summed E-state index contributed by atoms with van der Waals surface area (Å²) >= 11 is 0. The van der Waals surface area contributed by atoms with Gasteiger partial charge in [-0.15, -0.1) is 24.8 Å². The highest BCUT2D eigenvalue weighted by Crippen LogP contribution is 2.22. The number of nitrogens with one attached hydrogen (secondary N) is 1.